The average Bonchev–Trinajstić information content (AvgIpc) is 2.50. The van der Waals surface area contributed by atoms with E-state index in [-0.39, 0.29) is 0 Å². The zero-order valence-corrected chi connectivity index (χ0v) is 13.8. The molecule has 0 fully saturated rings. The summed E-state index contributed by atoms with van der Waals surface area (Å²) < 4.78 is 21.6. The van der Waals surface area contributed by atoms with Gasteiger partial charge in [0.2, 0.25) is 0 Å². The van der Waals surface area contributed by atoms with E-state index in [1.165, 1.54) is 17.6 Å². The highest BCUT2D eigenvalue weighted by atomic mass is 32.2. The molecule has 0 saturated carbocycles. The smallest absolute Gasteiger partial charge is 0.0852 e. The zero-order valence-electron chi connectivity index (χ0n) is 13.0. The number of ether oxygens (including phenoxy) is 3. The topological polar surface area (TPSA) is 36.9 Å². The first-order valence-electron chi connectivity index (χ1n) is 7.42. The van der Waals surface area contributed by atoms with Gasteiger partial charge in [-0.1, -0.05) is 24.6 Å². The van der Waals surface area contributed by atoms with Crippen LogP contribution < -0.4 is 0 Å². The van der Waals surface area contributed by atoms with Gasteiger partial charge in [0.1, 0.15) is 0 Å². The van der Waals surface area contributed by atoms with E-state index in [1.807, 2.05) is 0 Å². The van der Waals surface area contributed by atoms with Crippen molar-refractivity contribution in [2.24, 2.45) is 0 Å². The van der Waals surface area contributed by atoms with Crippen LogP contribution in [-0.2, 0) is 18.4 Å². The SMILES string of the molecule is CCCOCCOCCOCCOSc1ccc(C)cc1. The Kier molecular flexibility index (Phi) is 11.5. The van der Waals surface area contributed by atoms with E-state index in [4.69, 9.17) is 18.4 Å². The second-order valence-corrected chi connectivity index (χ2v) is 5.43. The number of hydrogen-bond acceptors (Lipinski definition) is 5. The molecule has 120 valence electrons. The highest BCUT2D eigenvalue weighted by Gasteiger charge is 1.95. The van der Waals surface area contributed by atoms with Crippen LogP contribution in [-0.4, -0.2) is 46.2 Å². The quantitative estimate of drug-likeness (QED) is 0.411. The van der Waals surface area contributed by atoms with Crippen molar-refractivity contribution in [2.75, 3.05) is 46.2 Å². The predicted molar refractivity (Wildman–Crippen MR) is 85.7 cm³/mol. The van der Waals surface area contributed by atoms with Crippen molar-refractivity contribution in [2.45, 2.75) is 25.2 Å². The van der Waals surface area contributed by atoms with Crippen LogP contribution in [0.5, 0.6) is 0 Å². The Balaban J connectivity index is 1.81. The third-order valence-corrected chi connectivity index (χ3v) is 3.33. The van der Waals surface area contributed by atoms with Crippen molar-refractivity contribution in [3.05, 3.63) is 29.8 Å². The van der Waals surface area contributed by atoms with Crippen LogP contribution in [0.4, 0.5) is 0 Å². The minimum Gasteiger partial charge on any atom is -0.379 e. The summed E-state index contributed by atoms with van der Waals surface area (Å²) in [7, 11) is 0. The standard InChI is InChI=1S/C16H26O4S/c1-3-8-17-9-10-18-11-12-19-13-14-20-21-16-6-4-15(2)5-7-16/h4-7H,3,8-14H2,1-2H3. The molecule has 0 radical (unpaired) electrons. The molecule has 0 atom stereocenters. The van der Waals surface area contributed by atoms with Crippen molar-refractivity contribution in [1.29, 1.82) is 0 Å². The summed E-state index contributed by atoms with van der Waals surface area (Å²) in [6.45, 7) is 8.58. The molecule has 0 bridgehead atoms. The van der Waals surface area contributed by atoms with Gasteiger partial charge in [-0.2, -0.15) is 0 Å². The van der Waals surface area contributed by atoms with E-state index >= 15 is 0 Å². The van der Waals surface area contributed by atoms with Crippen molar-refractivity contribution in [3.8, 4) is 0 Å². The van der Waals surface area contributed by atoms with Gasteiger partial charge in [0.15, 0.2) is 0 Å². The molecule has 0 aliphatic carbocycles. The summed E-state index contributed by atoms with van der Waals surface area (Å²) in [5.74, 6) is 0. The van der Waals surface area contributed by atoms with Crippen molar-refractivity contribution >= 4 is 12.0 Å². The number of rotatable bonds is 13. The lowest BCUT2D eigenvalue weighted by molar-refractivity contribution is 0.0105. The lowest BCUT2D eigenvalue weighted by Crippen LogP contribution is -2.11. The third kappa shape index (κ3) is 10.7. The summed E-state index contributed by atoms with van der Waals surface area (Å²) >= 11 is 1.38. The van der Waals surface area contributed by atoms with Gasteiger partial charge in [0, 0.05) is 23.5 Å². The minimum atomic E-state index is 0.568. The molecule has 0 spiro atoms. The molecule has 0 saturated heterocycles. The summed E-state index contributed by atoms with van der Waals surface area (Å²) in [4.78, 5) is 1.11. The summed E-state index contributed by atoms with van der Waals surface area (Å²) in [5, 5.41) is 0. The van der Waals surface area contributed by atoms with Crippen molar-refractivity contribution < 1.29 is 18.4 Å². The Morgan fingerprint density at radius 2 is 1.29 bits per heavy atom. The molecule has 0 aromatic heterocycles. The van der Waals surface area contributed by atoms with Gasteiger partial charge in [-0.15, -0.1) is 0 Å². The maximum atomic E-state index is 5.46. The first kappa shape index (κ1) is 18.5. The zero-order chi connectivity index (χ0) is 15.2. The molecular weight excluding hydrogens is 288 g/mol. The molecule has 0 aliphatic rings. The first-order chi connectivity index (χ1) is 10.3. The van der Waals surface area contributed by atoms with Crippen LogP contribution in [0.2, 0.25) is 0 Å². The molecule has 0 N–H and O–H groups in total. The van der Waals surface area contributed by atoms with E-state index in [1.54, 1.807) is 0 Å². The fourth-order valence-electron chi connectivity index (χ4n) is 1.48. The fourth-order valence-corrected chi connectivity index (χ4v) is 2.02. The van der Waals surface area contributed by atoms with Gasteiger partial charge < -0.3 is 18.4 Å². The molecule has 0 aliphatic heterocycles. The highest BCUT2D eigenvalue weighted by Crippen LogP contribution is 2.18. The summed E-state index contributed by atoms with van der Waals surface area (Å²) in [6, 6.07) is 8.25. The van der Waals surface area contributed by atoms with Crippen molar-refractivity contribution in [3.63, 3.8) is 0 Å². The lowest BCUT2D eigenvalue weighted by Gasteiger charge is -2.06. The first-order valence-corrected chi connectivity index (χ1v) is 8.16. The normalized spacial score (nSPS) is 11.0. The molecule has 1 aromatic rings. The largest absolute Gasteiger partial charge is 0.379 e. The van der Waals surface area contributed by atoms with Gasteiger partial charge in [-0.05, 0) is 25.5 Å². The van der Waals surface area contributed by atoms with Crippen LogP contribution >= 0.6 is 12.0 Å². The molecule has 0 unspecified atom stereocenters. The molecule has 5 heteroatoms. The molecule has 1 rings (SSSR count). The Morgan fingerprint density at radius 3 is 1.86 bits per heavy atom. The number of hydrogen-bond donors (Lipinski definition) is 0. The number of benzene rings is 1. The molecule has 21 heavy (non-hydrogen) atoms. The molecule has 4 nitrogen and oxygen atoms in total. The van der Waals surface area contributed by atoms with E-state index in [0.29, 0.717) is 39.6 Å². The summed E-state index contributed by atoms with van der Waals surface area (Å²) in [5.41, 5.74) is 1.25. The van der Waals surface area contributed by atoms with Crippen LogP contribution in [0.25, 0.3) is 0 Å². The van der Waals surface area contributed by atoms with Crippen molar-refractivity contribution in [1.82, 2.24) is 0 Å². The van der Waals surface area contributed by atoms with E-state index in [0.717, 1.165) is 17.9 Å². The van der Waals surface area contributed by atoms with E-state index in [2.05, 4.69) is 38.1 Å². The lowest BCUT2D eigenvalue weighted by atomic mass is 10.2. The third-order valence-electron chi connectivity index (χ3n) is 2.58. The van der Waals surface area contributed by atoms with E-state index < -0.39 is 0 Å². The predicted octanol–water partition coefficient (Wildman–Crippen LogP) is 3.48. The monoisotopic (exact) mass is 314 g/mol. The molecule has 0 heterocycles. The maximum Gasteiger partial charge on any atom is 0.0852 e. The molecular formula is C16H26O4S. The molecule has 0 amide bonds. The fraction of sp³-hybridized carbons (Fsp3) is 0.625. The second-order valence-electron chi connectivity index (χ2n) is 4.56. The Morgan fingerprint density at radius 1 is 0.762 bits per heavy atom. The number of aryl methyl sites for hydroxylation is 1. The van der Waals surface area contributed by atoms with Crippen LogP contribution in [0, 0.1) is 6.92 Å². The maximum absolute atomic E-state index is 5.46. The Bertz CT molecular complexity index is 343. The Labute approximate surface area is 132 Å². The molecule has 1 aromatic carbocycles. The van der Waals surface area contributed by atoms with Gasteiger partial charge in [0.05, 0.1) is 39.6 Å². The van der Waals surface area contributed by atoms with E-state index in [9.17, 15) is 0 Å². The average molecular weight is 314 g/mol. The van der Waals surface area contributed by atoms with Gasteiger partial charge in [-0.25, -0.2) is 0 Å². The van der Waals surface area contributed by atoms with Gasteiger partial charge >= 0.3 is 0 Å². The van der Waals surface area contributed by atoms with Crippen LogP contribution in [0.3, 0.4) is 0 Å². The highest BCUT2D eigenvalue weighted by molar-refractivity contribution is 7.94. The Hall–Kier alpha value is -0.590. The second kappa shape index (κ2) is 13.1. The van der Waals surface area contributed by atoms with Crippen LogP contribution in [0.15, 0.2) is 29.2 Å². The summed E-state index contributed by atoms with van der Waals surface area (Å²) in [6.07, 6.45) is 1.05. The van der Waals surface area contributed by atoms with Gasteiger partial charge in [-0.3, -0.25) is 0 Å². The van der Waals surface area contributed by atoms with Gasteiger partial charge in [0.25, 0.3) is 0 Å². The minimum absolute atomic E-state index is 0.568. The van der Waals surface area contributed by atoms with Crippen LogP contribution in [0.1, 0.15) is 18.9 Å².